The molecule has 232 valence electrons. The number of aryl methyl sites for hydroxylation is 1. The molecule has 7 rings (SSSR count). The number of hydrogen-bond acceptors (Lipinski definition) is 7. The number of hydrogen-bond donors (Lipinski definition) is 2. The number of amides is 1. The lowest BCUT2D eigenvalue weighted by atomic mass is 9.94. The van der Waals surface area contributed by atoms with Crippen molar-refractivity contribution in [1.82, 2.24) is 30.0 Å². The summed E-state index contributed by atoms with van der Waals surface area (Å²) in [6.07, 6.45) is -0.480. The van der Waals surface area contributed by atoms with Crippen molar-refractivity contribution in [2.24, 2.45) is 0 Å². The van der Waals surface area contributed by atoms with Gasteiger partial charge in [-0.25, -0.2) is 9.97 Å². The number of fused-ring (bicyclic) bond motifs is 2. The first kappa shape index (κ1) is 29.5. The molecular weight excluding hydrogens is 613 g/mol. The SMILES string of the molecule is Cc1c(C(=O)NC2CN(c3ncnc4sc(CC(F)(F)F)cc34)CC2c2ccccc2)ccc2c1cc(C#N)n2Cc1cn[nH]c1. The first-order valence-corrected chi connectivity index (χ1v) is 15.4. The van der Waals surface area contributed by atoms with Crippen LogP contribution in [0.1, 0.15) is 43.5 Å². The molecule has 0 radical (unpaired) electrons. The third-order valence-electron chi connectivity index (χ3n) is 8.51. The highest BCUT2D eigenvalue weighted by Gasteiger charge is 2.37. The summed E-state index contributed by atoms with van der Waals surface area (Å²) in [4.78, 5) is 25.3. The van der Waals surface area contributed by atoms with E-state index in [9.17, 15) is 23.2 Å². The van der Waals surface area contributed by atoms with Crippen LogP contribution in [0.4, 0.5) is 19.0 Å². The van der Waals surface area contributed by atoms with Crippen LogP contribution in [0.3, 0.4) is 0 Å². The van der Waals surface area contributed by atoms with Gasteiger partial charge in [0, 0.05) is 52.1 Å². The van der Waals surface area contributed by atoms with E-state index in [1.54, 1.807) is 24.5 Å². The minimum absolute atomic E-state index is 0.103. The van der Waals surface area contributed by atoms with Gasteiger partial charge >= 0.3 is 6.18 Å². The van der Waals surface area contributed by atoms with Crippen LogP contribution < -0.4 is 10.2 Å². The topological polar surface area (TPSA) is 116 Å². The molecule has 0 spiro atoms. The summed E-state index contributed by atoms with van der Waals surface area (Å²) < 4.78 is 41.4. The van der Waals surface area contributed by atoms with Gasteiger partial charge in [0.25, 0.3) is 5.91 Å². The summed E-state index contributed by atoms with van der Waals surface area (Å²) in [6, 6.07) is 18.8. The van der Waals surface area contributed by atoms with Crippen molar-refractivity contribution in [2.45, 2.75) is 38.0 Å². The number of nitrogens with zero attached hydrogens (tertiary/aromatic N) is 6. The predicted molar refractivity (Wildman–Crippen MR) is 169 cm³/mol. The van der Waals surface area contributed by atoms with Crippen LogP contribution in [0.15, 0.2) is 73.3 Å². The standard InChI is InChI=1S/C33H27F3N8OS/c1-19-24(7-8-29-25(19)9-22(12-37)44(29)15-20-13-40-41-14-20)31(45)42-28-17-43(16-27(28)21-5-3-2-4-6-21)30-26-10-23(11-33(34,35)36)46-32(26)39-18-38-30/h2-10,13-14,18,27-28H,11,15-17H2,1H3,(H,40,41)(H,42,45). The molecule has 1 aliphatic rings. The molecule has 0 aliphatic carbocycles. The van der Waals surface area contributed by atoms with E-state index in [-0.39, 0.29) is 22.7 Å². The molecule has 4 aromatic heterocycles. The second-order valence-electron chi connectivity index (χ2n) is 11.4. The summed E-state index contributed by atoms with van der Waals surface area (Å²) in [5.74, 6) is 0.200. The number of benzene rings is 2. The minimum Gasteiger partial charge on any atom is -0.353 e. The molecule has 6 aromatic rings. The Morgan fingerprint density at radius 1 is 1.13 bits per heavy atom. The van der Waals surface area contributed by atoms with Gasteiger partial charge in [0.15, 0.2) is 0 Å². The van der Waals surface area contributed by atoms with Gasteiger partial charge in [0.1, 0.15) is 28.7 Å². The first-order chi connectivity index (χ1) is 22.2. The Morgan fingerprint density at radius 3 is 2.70 bits per heavy atom. The molecule has 1 amide bonds. The molecule has 2 aromatic carbocycles. The molecule has 0 saturated carbocycles. The lowest BCUT2D eigenvalue weighted by Crippen LogP contribution is -2.40. The van der Waals surface area contributed by atoms with E-state index in [4.69, 9.17) is 0 Å². The number of H-pyrrole nitrogens is 1. The van der Waals surface area contributed by atoms with Crippen LogP contribution >= 0.6 is 11.3 Å². The molecule has 1 fully saturated rings. The van der Waals surface area contributed by atoms with E-state index in [2.05, 4.69) is 31.6 Å². The number of rotatable bonds is 7. The fourth-order valence-corrected chi connectivity index (χ4v) is 7.39. The molecule has 9 nitrogen and oxygen atoms in total. The van der Waals surface area contributed by atoms with Crippen molar-refractivity contribution >= 4 is 44.2 Å². The van der Waals surface area contributed by atoms with Crippen molar-refractivity contribution < 1.29 is 18.0 Å². The van der Waals surface area contributed by atoms with E-state index in [1.165, 1.54) is 12.4 Å². The van der Waals surface area contributed by atoms with Crippen molar-refractivity contribution in [2.75, 3.05) is 18.0 Å². The largest absolute Gasteiger partial charge is 0.393 e. The van der Waals surface area contributed by atoms with Gasteiger partial charge in [0.05, 0.1) is 30.6 Å². The number of thiophene rings is 1. The van der Waals surface area contributed by atoms with Crippen LogP contribution in [-0.4, -0.2) is 55.9 Å². The number of carbonyl (C=O) groups is 1. The monoisotopic (exact) mass is 640 g/mol. The molecule has 2 unspecified atom stereocenters. The zero-order valence-corrected chi connectivity index (χ0v) is 25.4. The van der Waals surface area contributed by atoms with E-state index < -0.39 is 12.6 Å². The van der Waals surface area contributed by atoms with Gasteiger partial charge in [-0.3, -0.25) is 9.89 Å². The second kappa shape index (κ2) is 11.6. The average molecular weight is 641 g/mol. The molecular formula is C33H27F3N8OS. The minimum atomic E-state index is -4.32. The Hall–Kier alpha value is -5.22. The summed E-state index contributed by atoms with van der Waals surface area (Å²) in [5.41, 5.74) is 4.54. The smallest absolute Gasteiger partial charge is 0.353 e. The van der Waals surface area contributed by atoms with Crippen LogP contribution in [0.2, 0.25) is 0 Å². The number of nitrogens with one attached hydrogen (secondary N) is 2. The van der Waals surface area contributed by atoms with E-state index >= 15 is 0 Å². The second-order valence-corrected chi connectivity index (χ2v) is 12.5. The van der Waals surface area contributed by atoms with Crippen molar-refractivity contribution in [3.05, 3.63) is 106 Å². The van der Waals surface area contributed by atoms with E-state index in [1.807, 2.05) is 52.8 Å². The molecule has 1 aliphatic heterocycles. The molecule has 2 atom stereocenters. The Morgan fingerprint density at radius 2 is 1.96 bits per heavy atom. The molecule has 5 heterocycles. The molecule has 46 heavy (non-hydrogen) atoms. The van der Waals surface area contributed by atoms with Crippen molar-refractivity contribution in [3.63, 3.8) is 0 Å². The summed E-state index contributed by atoms with van der Waals surface area (Å²) in [6.45, 7) is 3.25. The Bertz CT molecular complexity index is 2100. The number of aromatic amines is 1. The first-order valence-electron chi connectivity index (χ1n) is 14.6. The van der Waals surface area contributed by atoms with Crippen molar-refractivity contribution in [1.29, 1.82) is 5.26 Å². The number of nitriles is 1. The molecule has 1 saturated heterocycles. The highest BCUT2D eigenvalue weighted by Crippen LogP contribution is 2.37. The highest BCUT2D eigenvalue weighted by atomic mass is 32.1. The van der Waals surface area contributed by atoms with Gasteiger partial charge in [0.2, 0.25) is 0 Å². The van der Waals surface area contributed by atoms with Crippen LogP contribution in [0.25, 0.3) is 21.1 Å². The van der Waals surface area contributed by atoms with Crippen LogP contribution in [0, 0.1) is 18.3 Å². The van der Waals surface area contributed by atoms with Gasteiger partial charge < -0.3 is 14.8 Å². The summed E-state index contributed by atoms with van der Waals surface area (Å²) >= 11 is 1.02. The third kappa shape index (κ3) is 5.56. The van der Waals surface area contributed by atoms with Crippen LogP contribution in [0.5, 0.6) is 0 Å². The normalized spacial score (nSPS) is 16.7. The van der Waals surface area contributed by atoms with E-state index in [0.717, 1.165) is 38.9 Å². The Kier molecular flexibility index (Phi) is 7.44. The fourth-order valence-electron chi connectivity index (χ4n) is 6.37. The fraction of sp³-hybridized carbons (Fsp3) is 0.242. The zero-order valence-electron chi connectivity index (χ0n) is 24.5. The Labute approximate surface area is 265 Å². The number of carbonyl (C=O) groups excluding carboxylic acids is 1. The highest BCUT2D eigenvalue weighted by molar-refractivity contribution is 7.18. The zero-order chi connectivity index (χ0) is 32.0. The summed E-state index contributed by atoms with van der Waals surface area (Å²) in [7, 11) is 0. The van der Waals surface area contributed by atoms with Gasteiger partial charge in [-0.05, 0) is 42.3 Å². The maximum Gasteiger partial charge on any atom is 0.393 e. The van der Waals surface area contributed by atoms with Crippen molar-refractivity contribution in [3.8, 4) is 6.07 Å². The van der Waals surface area contributed by atoms with Gasteiger partial charge in [-0.2, -0.15) is 23.5 Å². The predicted octanol–water partition coefficient (Wildman–Crippen LogP) is 6.10. The van der Waals surface area contributed by atoms with Crippen LogP contribution in [-0.2, 0) is 13.0 Å². The number of aromatic nitrogens is 5. The third-order valence-corrected chi connectivity index (χ3v) is 9.55. The van der Waals surface area contributed by atoms with Gasteiger partial charge in [-0.1, -0.05) is 30.3 Å². The maximum absolute atomic E-state index is 13.9. The molecule has 0 bridgehead atoms. The number of alkyl halides is 3. The Balaban J connectivity index is 1.19. The molecule has 2 N–H and O–H groups in total. The average Bonchev–Trinajstić information content (AvgIpc) is 3.83. The number of anilines is 1. The summed E-state index contributed by atoms with van der Waals surface area (Å²) in [5, 5.41) is 21.3. The van der Waals surface area contributed by atoms with Gasteiger partial charge in [-0.15, -0.1) is 11.3 Å². The quantitative estimate of drug-likeness (QED) is 0.218. The molecule has 13 heteroatoms. The number of halogens is 3. The maximum atomic E-state index is 13.9. The lowest BCUT2D eigenvalue weighted by molar-refractivity contribution is -0.126. The van der Waals surface area contributed by atoms with E-state index in [0.29, 0.717) is 46.9 Å². The lowest BCUT2D eigenvalue weighted by Gasteiger charge is -2.21.